The molecule has 0 saturated heterocycles. The van der Waals surface area contributed by atoms with E-state index in [0.29, 0.717) is 5.02 Å². The lowest BCUT2D eigenvalue weighted by Crippen LogP contribution is -2.19. The van der Waals surface area contributed by atoms with Crippen molar-refractivity contribution >= 4 is 17.6 Å². The maximum atomic E-state index is 10.8. The maximum Gasteiger partial charge on any atom is 0.356 e. The summed E-state index contributed by atoms with van der Waals surface area (Å²) in [6, 6.07) is 9.02. The molecule has 0 aliphatic carbocycles. The highest BCUT2D eigenvalue weighted by Gasteiger charge is 2.26. The van der Waals surface area contributed by atoms with Crippen LogP contribution in [0.4, 0.5) is 0 Å². The summed E-state index contributed by atoms with van der Waals surface area (Å²) in [5.74, 6) is -1.04. The van der Waals surface area contributed by atoms with Crippen LogP contribution in [-0.2, 0) is 5.41 Å². The first-order valence-electron chi connectivity index (χ1n) is 5.46. The van der Waals surface area contributed by atoms with E-state index < -0.39 is 5.97 Å². The van der Waals surface area contributed by atoms with E-state index in [9.17, 15) is 4.79 Å². The number of carbonyl (C=O) groups is 1. The first-order chi connectivity index (χ1) is 8.41. The van der Waals surface area contributed by atoms with Gasteiger partial charge in [0, 0.05) is 16.1 Å². The van der Waals surface area contributed by atoms with Gasteiger partial charge >= 0.3 is 5.97 Å². The molecular weight excluding hydrogens is 252 g/mol. The molecule has 1 heterocycles. The normalized spacial score (nSPS) is 11.5. The highest BCUT2D eigenvalue weighted by atomic mass is 35.5. The Labute approximate surface area is 110 Å². The van der Waals surface area contributed by atoms with Gasteiger partial charge in [-0.25, -0.2) is 4.79 Å². The van der Waals surface area contributed by atoms with Crippen molar-refractivity contribution in [3.63, 3.8) is 0 Å². The zero-order chi connectivity index (χ0) is 13.3. The molecule has 0 atom stereocenters. The minimum absolute atomic E-state index is 0.0204. The smallest absolute Gasteiger partial charge is 0.356 e. The van der Waals surface area contributed by atoms with E-state index in [1.165, 1.54) is 0 Å². The van der Waals surface area contributed by atoms with E-state index in [4.69, 9.17) is 16.7 Å². The van der Waals surface area contributed by atoms with Crippen molar-refractivity contribution in [1.82, 2.24) is 10.2 Å². The number of hydrogen-bond acceptors (Lipinski definition) is 2. The molecule has 0 bridgehead atoms. The van der Waals surface area contributed by atoms with Gasteiger partial charge in [-0.05, 0) is 23.8 Å². The standard InChI is InChI=1S/C13H13ClN2O2/c1-13(2,8-3-5-9(14)6-4-8)11-7-10(12(17)18)15-16-11/h3-7H,1-2H3,(H,15,16)(H,17,18). The van der Waals surface area contributed by atoms with E-state index >= 15 is 0 Å². The van der Waals surface area contributed by atoms with E-state index in [1.807, 2.05) is 38.1 Å². The largest absolute Gasteiger partial charge is 0.476 e. The first kappa shape index (κ1) is 12.6. The number of aromatic amines is 1. The van der Waals surface area contributed by atoms with Crippen LogP contribution in [0.3, 0.4) is 0 Å². The summed E-state index contributed by atoms with van der Waals surface area (Å²) in [4.78, 5) is 10.8. The predicted molar refractivity (Wildman–Crippen MR) is 69.1 cm³/mol. The van der Waals surface area contributed by atoms with Gasteiger partial charge in [0.15, 0.2) is 5.69 Å². The van der Waals surface area contributed by atoms with Gasteiger partial charge in [0.25, 0.3) is 0 Å². The number of H-pyrrole nitrogens is 1. The Hall–Kier alpha value is -1.81. The molecule has 4 nitrogen and oxygen atoms in total. The Balaban J connectivity index is 2.40. The molecule has 0 fully saturated rings. The van der Waals surface area contributed by atoms with Crippen LogP contribution >= 0.6 is 11.6 Å². The molecule has 2 aromatic rings. The lowest BCUT2D eigenvalue weighted by molar-refractivity contribution is 0.0690. The number of aromatic carboxylic acids is 1. The van der Waals surface area contributed by atoms with Gasteiger partial charge in [-0.2, -0.15) is 5.10 Å². The highest BCUT2D eigenvalue weighted by Crippen LogP contribution is 2.31. The fourth-order valence-electron chi connectivity index (χ4n) is 1.77. The Kier molecular flexibility index (Phi) is 3.13. The number of aromatic nitrogens is 2. The summed E-state index contributed by atoms with van der Waals surface area (Å²) in [6.45, 7) is 3.99. The van der Waals surface area contributed by atoms with Crippen LogP contribution in [0.5, 0.6) is 0 Å². The Morgan fingerprint density at radius 2 is 1.94 bits per heavy atom. The van der Waals surface area contributed by atoms with Gasteiger partial charge in [-0.15, -0.1) is 0 Å². The quantitative estimate of drug-likeness (QED) is 0.895. The average Bonchev–Trinajstić information content (AvgIpc) is 2.79. The van der Waals surface area contributed by atoms with Gasteiger partial charge in [0.1, 0.15) is 0 Å². The van der Waals surface area contributed by atoms with E-state index in [2.05, 4.69) is 10.2 Å². The van der Waals surface area contributed by atoms with Crippen LogP contribution in [0.25, 0.3) is 0 Å². The summed E-state index contributed by atoms with van der Waals surface area (Å²) in [5, 5.41) is 16.1. The molecule has 0 aliphatic heterocycles. The fourth-order valence-corrected chi connectivity index (χ4v) is 1.90. The Morgan fingerprint density at radius 3 is 2.44 bits per heavy atom. The van der Waals surface area contributed by atoms with Gasteiger partial charge in [0.05, 0.1) is 0 Å². The van der Waals surface area contributed by atoms with Crippen molar-refractivity contribution < 1.29 is 9.90 Å². The van der Waals surface area contributed by atoms with Gasteiger partial charge in [-0.3, -0.25) is 5.10 Å². The number of hydrogen-bond donors (Lipinski definition) is 2. The molecule has 0 radical (unpaired) electrons. The molecule has 18 heavy (non-hydrogen) atoms. The van der Waals surface area contributed by atoms with Crippen molar-refractivity contribution in [2.75, 3.05) is 0 Å². The topological polar surface area (TPSA) is 66.0 Å². The summed E-state index contributed by atoms with van der Waals surface area (Å²) in [7, 11) is 0. The summed E-state index contributed by atoms with van der Waals surface area (Å²) in [6.07, 6.45) is 0. The Morgan fingerprint density at radius 1 is 1.33 bits per heavy atom. The molecule has 1 aromatic carbocycles. The number of carboxylic acid groups (broad SMARTS) is 1. The lowest BCUT2D eigenvalue weighted by Gasteiger charge is -2.23. The SMILES string of the molecule is CC(C)(c1ccc(Cl)cc1)c1cc(C(=O)O)n[nH]1. The van der Waals surface area contributed by atoms with Crippen molar-refractivity contribution in [2.24, 2.45) is 0 Å². The summed E-state index contributed by atoms with van der Waals surface area (Å²) < 4.78 is 0. The average molecular weight is 265 g/mol. The van der Waals surface area contributed by atoms with E-state index in [1.54, 1.807) is 6.07 Å². The maximum absolute atomic E-state index is 10.8. The van der Waals surface area contributed by atoms with Crippen molar-refractivity contribution in [2.45, 2.75) is 19.3 Å². The van der Waals surface area contributed by atoms with Crippen molar-refractivity contribution in [3.8, 4) is 0 Å². The second-order valence-electron chi connectivity index (χ2n) is 4.60. The molecular formula is C13H13ClN2O2. The second-order valence-corrected chi connectivity index (χ2v) is 5.04. The van der Waals surface area contributed by atoms with Gasteiger partial charge in [0.2, 0.25) is 0 Å². The van der Waals surface area contributed by atoms with Gasteiger partial charge in [-0.1, -0.05) is 37.6 Å². The molecule has 5 heteroatoms. The van der Waals surface area contributed by atoms with Crippen LogP contribution in [0.2, 0.25) is 5.02 Å². The monoisotopic (exact) mass is 264 g/mol. The number of halogens is 1. The minimum atomic E-state index is -1.04. The molecule has 0 amide bonds. The highest BCUT2D eigenvalue weighted by molar-refractivity contribution is 6.30. The number of benzene rings is 1. The van der Waals surface area contributed by atoms with Crippen LogP contribution in [0.1, 0.15) is 35.6 Å². The van der Waals surface area contributed by atoms with Crippen LogP contribution in [0, 0.1) is 0 Å². The fraction of sp³-hybridized carbons (Fsp3) is 0.231. The molecule has 2 N–H and O–H groups in total. The Bertz CT molecular complexity index is 573. The molecule has 0 aliphatic rings. The third-order valence-corrected chi connectivity index (χ3v) is 3.29. The number of nitrogens with zero attached hydrogens (tertiary/aromatic N) is 1. The second kappa shape index (κ2) is 4.46. The minimum Gasteiger partial charge on any atom is -0.476 e. The zero-order valence-corrected chi connectivity index (χ0v) is 10.8. The van der Waals surface area contributed by atoms with E-state index in [-0.39, 0.29) is 11.1 Å². The number of carboxylic acids is 1. The molecule has 1 aromatic heterocycles. The lowest BCUT2D eigenvalue weighted by atomic mass is 9.81. The van der Waals surface area contributed by atoms with E-state index in [0.717, 1.165) is 11.3 Å². The zero-order valence-electron chi connectivity index (χ0n) is 10.1. The van der Waals surface area contributed by atoms with Crippen molar-refractivity contribution in [3.05, 3.63) is 52.3 Å². The molecule has 0 unspecified atom stereocenters. The van der Waals surface area contributed by atoms with Crippen molar-refractivity contribution in [1.29, 1.82) is 0 Å². The predicted octanol–water partition coefficient (Wildman–Crippen LogP) is 3.09. The molecule has 2 rings (SSSR count). The first-order valence-corrected chi connectivity index (χ1v) is 5.84. The molecule has 94 valence electrons. The molecule has 0 spiro atoms. The van der Waals surface area contributed by atoms with Crippen LogP contribution < -0.4 is 0 Å². The number of nitrogens with one attached hydrogen (secondary N) is 1. The number of rotatable bonds is 3. The van der Waals surface area contributed by atoms with Crippen LogP contribution in [-0.4, -0.2) is 21.3 Å². The van der Waals surface area contributed by atoms with Crippen LogP contribution in [0.15, 0.2) is 30.3 Å². The van der Waals surface area contributed by atoms with Gasteiger partial charge < -0.3 is 5.11 Å². The summed E-state index contributed by atoms with van der Waals surface area (Å²) in [5.41, 5.74) is 1.45. The third-order valence-electron chi connectivity index (χ3n) is 3.04. The third kappa shape index (κ3) is 2.24. The molecule has 0 saturated carbocycles. The summed E-state index contributed by atoms with van der Waals surface area (Å²) >= 11 is 5.86.